The molecule has 1 fully saturated rings. The Morgan fingerprint density at radius 1 is 1.05 bits per heavy atom. The van der Waals surface area contributed by atoms with Crippen LogP contribution in [0.4, 0.5) is 11.4 Å². The van der Waals surface area contributed by atoms with E-state index in [0.29, 0.717) is 0 Å². The monoisotopic (exact) mass is 267 g/mol. The molecule has 102 valence electrons. The van der Waals surface area contributed by atoms with Gasteiger partial charge in [-0.15, -0.1) is 0 Å². The fourth-order valence-corrected chi connectivity index (χ4v) is 2.16. The molecule has 0 bridgehead atoms. The quantitative estimate of drug-likeness (QED) is 0.802. The average molecular weight is 267 g/mol. The van der Waals surface area contributed by atoms with E-state index in [0.717, 1.165) is 37.7 Å². The van der Waals surface area contributed by atoms with Gasteiger partial charge in [-0.2, -0.15) is 0 Å². The lowest BCUT2D eigenvalue weighted by Crippen LogP contribution is -2.36. The van der Waals surface area contributed by atoms with Crippen molar-refractivity contribution in [1.29, 1.82) is 0 Å². The summed E-state index contributed by atoms with van der Waals surface area (Å²) in [6.07, 6.45) is 3.55. The van der Waals surface area contributed by atoms with Crippen LogP contribution in [0, 0.1) is 0 Å². The molecule has 0 atom stereocenters. The van der Waals surface area contributed by atoms with Gasteiger partial charge in [0.2, 0.25) is 0 Å². The Balaban J connectivity index is 1.68. The third-order valence-electron chi connectivity index (χ3n) is 3.26. The SMILES string of the molecule is C(=Nc1ccc(N2CCOCC2)cc1)c1ccccn1. The first kappa shape index (κ1) is 12.8. The number of pyridine rings is 1. The molecule has 4 heteroatoms. The Labute approximate surface area is 118 Å². The highest BCUT2D eigenvalue weighted by Gasteiger charge is 2.10. The molecule has 2 aromatic rings. The summed E-state index contributed by atoms with van der Waals surface area (Å²) in [6, 6.07) is 14.1. The van der Waals surface area contributed by atoms with Crippen molar-refractivity contribution >= 4 is 17.6 Å². The van der Waals surface area contributed by atoms with Crippen LogP contribution in [-0.4, -0.2) is 37.5 Å². The van der Waals surface area contributed by atoms with Gasteiger partial charge in [0.15, 0.2) is 0 Å². The first-order chi connectivity index (χ1) is 9.92. The molecule has 0 spiro atoms. The summed E-state index contributed by atoms with van der Waals surface area (Å²) >= 11 is 0. The van der Waals surface area contributed by atoms with E-state index in [2.05, 4.69) is 27.0 Å². The Kier molecular flexibility index (Phi) is 4.04. The first-order valence-electron chi connectivity index (χ1n) is 6.80. The minimum Gasteiger partial charge on any atom is -0.378 e. The molecular weight excluding hydrogens is 250 g/mol. The second-order valence-electron chi connectivity index (χ2n) is 4.63. The fraction of sp³-hybridized carbons (Fsp3) is 0.250. The zero-order valence-corrected chi connectivity index (χ0v) is 11.3. The first-order valence-corrected chi connectivity index (χ1v) is 6.80. The van der Waals surface area contributed by atoms with Crippen LogP contribution < -0.4 is 4.90 Å². The smallest absolute Gasteiger partial charge is 0.0812 e. The number of anilines is 1. The zero-order chi connectivity index (χ0) is 13.6. The summed E-state index contributed by atoms with van der Waals surface area (Å²) < 4.78 is 5.36. The number of hydrogen-bond donors (Lipinski definition) is 0. The van der Waals surface area contributed by atoms with E-state index in [1.807, 2.05) is 30.3 Å². The number of aromatic nitrogens is 1. The normalized spacial score (nSPS) is 15.7. The van der Waals surface area contributed by atoms with Gasteiger partial charge >= 0.3 is 0 Å². The van der Waals surface area contributed by atoms with Crippen molar-refractivity contribution in [3.05, 3.63) is 54.4 Å². The summed E-state index contributed by atoms with van der Waals surface area (Å²) in [5.74, 6) is 0. The van der Waals surface area contributed by atoms with E-state index in [-0.39, 0.29) is 0 Å². The highest BCUT2D eigenvalue weighted by atomic mass is 16.5. The summed E-state index contributed by atoms with van der Waals surface area (Å²) in [5, 5.41) is 0. The number of ether oxygens (including phenoxy) is 1. The lowest BCUT2D eigenvalue weighted by Gasteiger charge is -2.28. The van der Waals surface area contributed by atoms with E-state index in [9.17, 15) is 0 Å². The van der Waals surface area contributed by atoms with Gasteiger partial charge in [-0.1, -0.05) is 6.07 Å². The van der Waals surface area contributed by atoms with Gasteiger partial charge < -0.3 is 9.64 Å². The summed E-state index contributed by atoms with van der Waals surface area (Å²) in [5.41, 5.74) is 3.03. The second-order valence-corrected chi connectivity index (χ2v) is 4.63. The Morgan fingerprint density at radius 2 is 1.85 bits per heavy atom. The second kappa shape index (κ2) is 6.30. The molecule has 4 nitrogen and oxygen atoms in total. The molecule has 1 aromatic carbocycles. The maximum atomic E-state index is 5.36. The minimum atomic E-state index is 0.805. The van der Waals surface area contributed by atoms with Gasteiger partial charge in [-0.25, -0.2) is 0 Å². The highest BCUT2D eigenvalue weighted by molar-refractivity contribution is 5.79. The predicted octanol–water partition coefficient (Wildman–Crippen LogP) is 2.67. The van der Waals surface area contributed by atoms with E-state index < -0.39 is 0 Å². The van der Waals surface area contributed by atoms with E-state index in [1.165, 1.54) is 5.69 Å². The van der Waals surface area contributed by atoms with Crippen LogP contribution in [0.2, 0.25) is 0 Å². The molecule has 1 saturated heterocycles. The number of hydrogen-bond acceptors (Lipinski definition) is 4. The molecule has 1 aliphatic rings. The lowest BCUT2D eigenvalue weighted by atomic mass is 10.2. The van der Waals surface area contributed by atoms with E-state index in [1.54, 1.807) is 12.4 Å². The lowest BCUT2D eigenvalue weighted by molar-refractivity contribution is 0.122. The van der Waals surface area contributed by atoms with E-state index in [4.69, 9.17) is 4.74 Å². The topological polar surface area (TPSA) is 37.7 Å². The molecule has 1 aromatic heterocycles. The van der Waals surface area contributed by atoms with Crippen LogP contribution in [-0.2, 0) is 4.74 Å². The number of aliphatic imine (C=N–C) groups is 1. The molecule has 0 radical (unpaired) electrons. The van der Waals surface area contributed by atoms with Crippen molar-refractivity contribution in [2.24, 2.45) is 4.99 Å². The van der Waals surface area contributed by atoms with Crippen molar-refractivity contribution in [1.82, 2.24) is 4.98 Å². The average Bonchev–Trinajstić information content (AvgIpc) is 2.55. The largest absolute Gasteiger partial charge is 0.378 e. The molecule has 0 saturated carbocycles. The summed E-state index contributed by atoms with van der Waals surface area (Å²) in [6.45, 7) is 3.52. The summed E-state index contributed by atoms with van der Waals surface area (Å²) in [7, 11) is 0. The number of benzene rings is 1. The van der Waals surface area contributed by atoms with Crippen LogP contribution in [0.3, 0.4) is 0 Å². The molecule has 0 aliphatic carbocycles. The van der Waals surface area contributed by atoms with Crippen LogP contribution in [0.15, 0.2) is 53.7 Å². The van der Waals surface area contributed by atoms with Gasteiger partial charge in [0.05, 0.1) is 30.8 Å². The van der Waals surface area contributed by atoms with Crippen LogP contribution in [0.5, 0.6) is 0 Å². The van der Waals surface area contributed by atoms with Crippen molar-refractivity contribution < 1.29 is 4.74 Å². The molecule has 1 aliphatic heterocycles. The van der Waals surface area contributed by atoms with Gasteiger partial charge in [-0.05, 0) is 36.4 Å². The highest BCUT2D eigenvalue weighted by Crippen LogP contribution is 2.20. The number of rotatable bonds is 3. The maximum Gasteiger partial charge on any atom is 0.0812 e. The predicted molar refractivity (Wildman–Crippen MR) is 81.0 cm³/mol. The van der Waals surface area contributed by atoms with Gasteiger partial charge in [0, 0.05) is 25.0 Å². The molecule has 0 amide bonds. The van der Waals surface area contributed by atoms with Crippen molar-refractivity contribution in [3.8, 4) is 0 Å². The molecule has 20 heavy (non-hydrogen) atoms. The third kappa shape index (κ3) is 3.22. The Bertz CT molecular complexity index is 560. The van der Waals surface area contributed by atoms with Crippen LogP contribution in [0.25, 0.3) is 0 Å². The van der Waals surface area contributed by atoms with E-state index >= 15 is 0 Å². The molecule has 0 unspecified atom stereocenters. The Morgan fingerprint density at radius 3 is 2.55 bits per heavy atom. The van der Waals surface area contributed by atoms with Gasteiger partial charge in [0.25, 0.3) is 0 Å². The fourth-order valence-electron chi connectivity index (χ4n) is 2.16. The molecule has 0 N–H and O–H groups in total. The zero-order valence-electron chi connectivity index (χ0n) is 11.3. The summed E-state index contributed by atoms with van der Waals surface area (Å²) in [4.78, 5) is 11.0. The van der Waals surface area contributed by atoms with Crippen molar-refractivity contribution in [2.45, 2.75) is 0 Å². The number of nitrogens with zero attached hydrogens (tertiary/aromatic N) is 3. The number of morpholine rings is 1. The van der Waals surface area contributed by atoms with Crippen LogP contribution in [0.1, 0.15) is 5.69 Å². The van der Waals surface area contributed by atoms with Gasteiger partial charge in [-0.3, -0.25) is 9.98 Å². The third-order valence-corrected chi connectivity index (χ3v) is 3.26. The molecular formula is C16H17N3O. The van der Waals surface area contributed by atoms with Crippen LogP contribution >= 0.6 is 0 Å². The molecule has 3 rings (SSSR count). The standard InChI is InChI=1S/C16H17N3O/c1-2-8-17-15(3-1)13-18-14-4-6-16(7-5-14)19-9-11-20-12-10-19/h1-8,13H,9-12H2. The molecule has 2 heterocycles. The van der Waals surface area contributed by atoms with Crippen molar-refractivity contribution in [3.63, 3.8) is 0 Å². The minimum absolute atomic E-state index is 0.805. The maximum absolute atomic E-state index is 5.36. The van der Waals surface area contributed by atoms with Crippen molar-refractivity contribution in [2.75, 3.05) is 31.2 Å². The van der Waals surface area contributed by atoms with Gasteiger partial charge in [0.1, 0.15) is 0 Å². The Hall–Kier alpha value is -2.20.